The molecule has 1 heterocycles. The zero-order valence-electron chi connectivity index (χ0n) is 11.0. The van der Waals surface area contributed by atoms with Crippen molar-refractivity contribution in [2.24, 2.45) is 0 Å². The minimum atomic E-state index is -1.48. The first-order valence-corrected chi connectivity index (χ1v) is 6.82. The number of carbonyl (C=O) groups excluding carboxylic acids is 1. The maximum atomic E-state index is 14.1. The highest BCUT2D eigenvalue weighted by Gasteiger charge is 2.45. The standard InChI is InChI=1S/C13H22FNO3/c1-17-11(16)13(7-3-2-4-8-13)18-12(14)15-9-5-6-10-15/h12H,2-10H2,1H3. The van der Waals surface area contributed by atoms with Gasteiger partial charge in [-0.1, -0.05) is 6.42 Å². The minimum absolute atomic E-state index is 0.427. The van der Waals surface area contributed by atoms with Gasteiger partial charge in [0.05, 0.1) is 7.11 Å². The second-order valence-corrected chi connectivity index (χ2v) is 5.20. The molecule has 4 nitrogen and oxygen atoms in total. The largest absolute Gasteiger partial charge is 0.467 e. The van der Waals surface area contributed by atoms with Gasteiger partial charge in [0.15, 0.2) is 5.60 Å². The summed E-state index contributed by atoms with van der Waals surface area (Å²) in [4.78, 5) is 13.6. The van der Waals surface area contributed by atoms with Crippen molar-refractivity contribution in [3.63, 3.8) is 0 Å². The molecule has 0 spiro atoms. The van der Waals surface area contributed by atoms with Crippen LogP contribution in [0.3, 0.4) is 0 Å². The quantitative estimate of drug-likeness (QED) is 0.573. The molecule has 18 heavy (non-hydrogen) atoms. The Labute approximate surface area is 107 Å². The number of rotatable bonds is 4. The summed E-state index contributed by atoms with van der Waals surface area (Å²) in [7, 11) is 1.34. The predicted octanol–water partition coefficient (Wildman–Crippen LogP) is 2.23. The van der Waals surface area contributed by atoms with Gasteiger partial charge in [0.25, 0.3) is 6.48 Å². The molecule has 1 unspecified atom stereocenters. The van der Waals surface area contributed by atoms with Crippen LogP contribution in [0.1, 0.15) is 44.9 Å². The molecule has 0 amide bonds. The lowest BCUT2D eigenvalue weighted by Crippen LogP contribution is -2.49. The molecule has 0 radical (unpaired) electrons. The summed E-state index contributed by atoms with van der Waals surface area (Å²) in [5, 5.41) is 0. The van der Waals surface area contributed by atoms with Gasteiger partial charge in [-0.05, 0) is 38.5 Å². The molecule has 2 fully saturated rings. The highest BCUT2D eigenvalue weighted by atomic mass is 19.1. The third-order valence-electron chi connectivity index (χ3n) is 3.97. The van der Waals surface area contributed by atoms with Crippen molar-refractivity contribution in [1.82, 2.24) is 4.90 Å². The van der Waals surface area contributed by atoms with Gasteiger partial charge in [-0.3, -0.25) is 4.90 Å². The van der Waals surface area contributed by atoms with E-state index in [0.717, 1.165) is 32.1 Å². The summed E-state index contributed by atoms with van der Waals surface area (Å²) in [6, 6.07) is 0. The number of esters is 1. The summed E-state index contributed by atoms with van der Waals surface area (Å²) in [6.45, 7) is -0.0682. The molecule has 1 aliphatic carbocycles. The molecule has 0 aromatic heterocycles. The van der Waals surface area contributed by atoms with Crippen molar-refractivity contribution >= 4 is 5.97 Å². The van der Waals surface area contributed by atoms with Crippen molar-refractivity contribution in [3.8, 4) is 0 Å². The van der Waals surface area contributed by atoms with E-state index in [1.165, 1.54) is 7.11 Å². The zero-order chi connectivity index (χ0) is 13.0. The van der Waals surface area contributed by atoms with E-state index in [1.54, 1.807) is 4.90 Å². The smallest absolute Gasteiger partial charge is 0.338 e. The lowest BCUT2D eigenvalue weighted by atomic mass is 9.84. The number of methoxy groups -OCH3 is 1. The third kappa shape index (κ3) is 2.83. The number of hydrogen-bond acceptors (Lipinski definition) is 4. The second kappa shape index (κ2) is 5.97. The predicted molar refractivity (Wildman–Crippen MR) is 64.6 cm³/mol. The molecule has 0 aromatic carbocycles. The minimum Gasteiger partial charge on any atom is -0.467 e. The topological polar surface area (TPSA) is 38.8 Å². The summed E-state index contributed by atoms with van der Waals surface area (Å²) in [5.41, 5.74) is -1.06. The molecule has 0 N–H and O–H groups in total. The van der Waals surface area contributed by atoms with Crippen molar-refractivity contribution < 1.29 is 18.7 Å². The summed E-state index contributed by atoms with van der Waals surface area (Å²) < 4.78 is 24.4. The van der Waals surface area contributed by atoms with Gasteiger partial charge in [0.2, 0.25) is 0 Å². The van der Waals surface area contributed by atoms with Crippen molar-refractivity contribution in [2.75, 3.05) is 20.2 Å². The van der Waals surface area contributed by atoms with Crippen molar-refractivity contribution in [2.45, 2.75) is 57.0 Å². The van der Waals surface area contributed by atoms with Crippen LogP contribution in [0.15, 0.2) is 0 Å². The fourth-order valence-electron chi connectivity index (χ4n) is 2.88. The molecule has 1 atom stereocenters. The number of hydrogen-bond donors (Lipinski definition) is 0. The Balaban J connectivity index is 2.01. The molecule has 104 valence electrons. The molecule has 1 saturated carbocycles. The van der Waals surface area contributed by atoms with Gasteiger partial charge in [-0.15, -0.1) is 0 Å². The van der Waals surface area contributed by atoms with Gasteiger partial charge in [0, 0.05) is 13.1 Å². The highest BCUT2D eigenvalue weighted by Crippen LogP contribution is 2.35. The van der Waals surface area contributed by atoms with Crippen LogP contribution in [0.2, 0.25) is 0 Å². The number of carbonyl (C=O) groups is 1. The number of ether oxygens (including phenoxy) is 2. The highest BCUT2D eigenvalue weighted by molar-refractivity contribution is 5.79. The maximum Gasteiger partial charge on any atom is 0.338 e. The molecule has 0 aromatic rings. The van der Waals surface area contributed by atoms with E-state index in [-0.39, 0.29) is 0 Å². The average Bonchev–Trinajstić information content (AvgIpc) is 2.93. The fourth-order valence-corrected chi connectivity index (χ4v) is 2.88. The van der Waals surface area contributed by atoms with Crippen LogP contribution in [0.4, 0.5) is 4.39 Å². The molecular weight excluding hydrogens is 237 g/mol. The first kappa shape index (κ1) is 13.7. The lowest BCUT2D eigenvalue weighted by molar-refractivity contribution is -0.230. The van der Waals surface area contributed by atoms with Crippen LogP contribution in [-0.4, -0.2) is 43.2 Å². The Morgan fingerprint density at radius 3 is 2.33 bits per heavy atom. The first-order chi connectivity index (χ1) is 8.68. The van der Waals surface area contributed by atoms with Gasteiger partial charge >= 0.3 is 5.97 Å². The Bertz CT molecular complexity index is 286. The van der Waals surface area contributed by atoms with Crippen molar-refractivity contribution in [1.29, 1.82) is 0 Å². The number of likely N-dealkylation sites (tertiary alicyclic amines) is 1. The number of halogens is 1. The van der Waals surface area contributed by atoms with E-state index in [1.807, 2.05) is 0 Å². The Morgan fingerprint density at radius 1 is 1.17 bits per heavy atom. The van der Waals surface area contributed by atoms with E-state index in [9.17, 15) is 9.18 Å². The van der Waals surface area contributed by atoms with Crippen LogP contribution >= 0.6 is 0 Å². The summed E-state index contributed by atoms with van der Waals surface area (Å²) in [5.74, 6) is -0.427. The van der Waals surface area contributed by atoms with E-state index < -0.39 is 18.1 Å². The Kier molecular flexibility index (Phi) is 4.56. The summed E-state index contributed by atoms with van der Waals surface area (Å²) in [6.07, 6.45) is 5.97. The summed E-state index contributed by atoms with van der Waals surface area (Å²) >= 11 is 0. The monoisotopic (exact) mass is 259 g/mol. The molecule has 1 saturated heterocycles. The second-order valence-electron chi connectivity index (χ2n) is 5.20. The molecule has 0 bridgehead atoms. The third-order valence-corrected chi connectivity index (χ3v) is 3.97. The van der Waals surface area contributed by atoms with Gasteiger partial charge < -0.3 is 9.47 Å². The normalized spacial score (nSPS) is 25.9. The fraction of sp³-hybridized carbons (Fsp3) is 0.923. The SMILES string of the molecule is COC(=O)C1(OC(F)N2CCCC2)CCCCC1. The van der Waals surface area contributed by atoms with E-state index in [2.05, 4.69) is 0 Å². The van der Waals surface area contributed by atoms with E-state index in [4.69, 9.17) is 9.47 Å². The van der Waals surface area contributed by atoms with Crippen LogP contribution in [0, 0.1) is 0 Å². The molecule has 5 heteroatoms. The van der Waals surface area contributed by atoms with Crippen LogP contribution in [-0.2, 0) is 14.3 Å². The Morgan fingerprint density at radius 2 is 1.78 bits per heavy atom. The number of nitrogens with zero attached hydrogens (tertiary/aromatic N) is 1. The molecular formula is C13H22FNO3. The lowest BCUT2D eigenvalue weighted by Gasteiger charge is -2.37. The van der Waals surface area contributed by atoms with E-state index in [0.29, 0.717) is 25.9 Å². The zero-order valence-corrected chi connectivity index (χ0v) is 11.0. The molecule has 2 rings (SSSR count). The average molecular weight is 259 g/mol. The van der Waals surface area contributed by atoms with Crippen LogP contribution in [0.25, 0.3) is 0 Å². The van der Waals surface area contributed by atoms with Crippen LogP contribution in [0.5, 0.6) is 0 Å². The van der Waals surface area contributed by atoms with Crippen molar-refractivity contribution in [3.05, 3.63) is 0 Å². The van der Waals surface area contributed by atoms with Crippen LogP contribution < -0.4 is 0 Å². The van der Waals surface area contributed by atoms with Gasteiger partial charge in [-0.25, -0.2) is 4.79 Å². The van der Waals surface area contributed by atoms with Gasteiger partial charge in [-0.2, -0.15) is 4.39 Å². The molecule has 1 aliphatic heterocycles. The van der Waals surface area contributed by atoms with Gasteiger partial charge in [0.1, 0.15) is 0 Å². The first-order valence-electron chi connectivity index (χ1n) is 6.82. The maximum absolute atomic E-state index is 14.1. The molecule has 2 aliphatic rings. The Hall–Kier alpha value is -0.680. The number of alkyl halides is 1. The van der Waals surface area contributed by atoms with E-state index >= 15 is 0 Å².